The number of aromatic nitrogens is 2. The highest BCUT2D eigenvalue weighted by Gasteiger charge is 2.22. The van der Waals surface area contributed by atoms with Crippen LogP contribution in [0.25, 0.3) is 5.69 Å². The van der Waals surface area contributed by atoms with Gasteiger partial charge in [-0.2, -0.15) is 5.10 Å². The molecule has 1 atom stereocenters. The van der Waals surface area contributed by atoms with Crippen molar-refractivity contribution in [1.82, 2.24) is 20.0 Å². The number of unbranched alkanes of at least 4 members (excludes halogenated alkanes) is 1. The van der Waals surface area contributed by atoms with Crippen LogP contribution < -0.4 is 5.32 Å². The smallest absolute Gasteiger partial charge is 0.341 e. The van der Waals surface area contributed by atoms with Gasteiger partial charge in [0.1, 0.15) is 5.56 Å². The molecule has 2 heterocycles. The molecule has 1 aromatic heterocycles. The molecule has 0 radical (unpaired) electrons. The van der Waals surface area contributed by atoms with E-state index in [1.165, 1.54) is 6.20 Å². The van der Waals surface area contributed by atoms with Gasteiger partial charge in [0.15, 0.2) is 0 Å². The number of aliphatic hydroxyl groups is 1. The van der Waals surface area contributed by atoms with E-state index in [2.05, 4.69) is 15.3 Å². The van der Waals surface area contributed by atoms with E-state index in [-0.39, 0.29) is 18.5 Å². The summed E-state index contributed by atoms with van der Waals surface area (Å²) < 4.78 is 6.70. The third-order valence-corrected chi connectivity index (χ3v) is 5.75. The van der Waals surface area contributed by atoms with Crippen molar-refractivity contribution in [2.75, 3.05) is 32.8 Å². The van der Waals surface area contributed by atoms with Gasteiger partial charge in [0, 0.05) is 18.2 Å². The van der Waals surface area contributed by atoms with Crippen LogP contribution in [0.2, 0.25) is 0 Å². The molecule has 2 aromatic rings. The van der Waals surface area contributed by atoms with Crippen molar-refractivity contribution in [3.05, 3.63) is 47.3 Å². The van der Waals surface area contributed by atoms with E-state index < -0.39 is 0 Å². The van der Waals surface area contributed by atoms with Crippen molar-refractivity contribution in [2.24, 2.45) is 0 Å². The van der Waals surface area contributed by atoms with Crippen molar-refractivity contribution in [3.63, 3.8) is 0 Å². The van der Waals surface area contributed by atoms with Crippen molar-refractivity contribution in [1.29, 1.82) is 0 Å². The van der Waals surface area contributed by atoms with E-state index in [1.807, 2.05) is 19.1 Å². The van der Waals surface area contributed by atoms with Gasteiger partial charge in [-0.25, -0.2) is 9.48 Å². The normalized spacial score (nSPS) is 16.4. The number of likely N-dealkylation sites (tertiary alicyclic amines) is 1. The Bertz CT molecular complexity index is 878. The van der Waals surface area contributed by atoms with Gasteiger partial charge in [-0.15, -0.1) is 0 Å². The summed E-state index contributed by atoms with van der Waals surface area (Å²) in [6.45, 7) is 6.77. The third-order valence-electron chi connectivity index (χ3n) is 5.75. The van der Waals surface area contributed by atoms with Crippen molar-refractivity contribution >= 4 is 11.9 Å². The molecule has 1 fully saturated rings. The first-order valence-electron chi connectivity index (χ1n) is 11.0. The van der Waals surface area contributed by atoms with Gasteiger partial charge in [-0.05, 0) is 76.9 Å². The Labute approximate surface area is 183 Å². The zero-order valence-electron chi connectivity index (χ0n) is 18.3. The Morgan fingerprint density at radius 1 is 1.26 bits per heavy atom. The number of benzene rings is 1. The molecule has 1 amide bonds. The molecule has 0 saturated carbocycles. The number of rotatable bonds is 10. The number of aliphatic hydroxyl groups excluding tert-OH is 1. The molecule has 31 heavy (non-hydrogen) atoms. The van der Waals surface area contributed by atoms with Gasteiger partial charge >= 0.3 is 5.97 Å². The lowest BCUT2D eigenvalue weighted by atomic mass is 10.2. The number of carbonyl (C=O) groups excluding carboxylic acids is 2. The molecule has 1 aliphatic rings. The second-order valence-electron chi connectivity index (χ2n) is 7.80. The maximum Gasteiger partial charge on any atom is 0.341 e. The Morgan fingerprint density at radius 3 is 2.74 bits per heavy atom. The van der Waals surface area contributed by atoms with Crippen LogP contribution in [0.3, 0.4) is 0 Å². The predicted molar refractivity (Wildman–Crippen MR) is 118 cm³/mol. The minimum Gasteiger partial charge on any atom is -0.462 e. The second kappa shape index (κ2) is 11.1. The first-order chi connectivity index (χ1) is 15.0. The maximum atomic E-state index is 12.4. The number of ether oxygens (including phenoxy) is 1. The van der Waals surface area contributed by atoms with Gasteiger partial charge in [0.2, 0.25) is 0 Å². The van der Waals surface area contributed by atoms with Crippen LogP contribution in [-0.2, 0) is 4.74 Å². The van der Waals surface area contributed by atoms with Crippen LogP contribution in [0.5, 0.6) is 0 Å². The number of nitrogens with one attached hydrogen (secondary N) is 1. The molecule has 1 saturated heterocycles. The van der Waals surface area contributed by atoms with Crippen LogP contribution in [0.15, 0.2) is 30.5 Å². The van der Waals surface area contributed by atoms with Crippen molar-refractivity contribution in [2.45, 2.75) is 45.6 Å². The highest BCUT2D eigenvalue weighted by molar-refractivity contribution is 5.94. The molecular weight excluding hydrogens is 396 g/mol. The highest BCUT2D eigenvalue weighted by Crippen LogP contribution is 2.17. The lowest BCUT2D eigenvalue weighted by molar-refractivity contribution is 0.0525. The third kappa shape index (κ3) is 5.71. The Kier molecular flexibility index (Phi) is 8.20. The number of amides is 1. The maximum absolute atomic E-state index is 12.4. The number of carbonyl (C=O) groups is 2. The molecule has 1 aromatic carbocycles. The minimum absolute atomic E-state index is 0.106. The minimum atomic E-state index is -0.390. The standard InChI is InChI=1S/C23H32N4O4/c1-3-31-23(30)21-15-25-27(17(21)2)19-10-8-18(9-11-19)22(29)24-12-4-5-13-26-14-6-7-20(26)16-28/h8-11,15,20,28H,3-7,12-14,16H2,1-2H3,(H,24,29)/t20-/m0/s1. The van der Waals surface area contributed by atoms with Gasteiger partial charge in [-0.3, -0.25) is 9.69 Å². The molecule has 1 aliphatic heterocycles. The molecule has 0 aliphatic carbocycles. The zero-order valence-corrected chi connectivity index (χ0v) is 18.3. The van der Waals surface area contributed by atoms with Crippen LogP contribution >= 0.6 is 0 Å². The Morgan fingerprint density at radius 2 is 2.03 bits per heavy atom. The fraction of sp³-hybridized carbons (Fsp3) is 0.522. The lowest BCUT2D eigenvalue weighted by Gasteiger charge is -2.22. The first kappa shape index (κ1) is 23.0. The fourth-order valence-corrected chi connectivity index (χ4v) is 3.97. The summed E-state index contributed by atoms with van der Waals surface area (Å²) in [7, 11) is 0. The lowest BCUT2D eigenvalue weighted by Crippen LogP contribution is -2.33. The average molecular weight is 429 g/mol. The summed E-state index contributed by atoms with van der Waals surface area (Å²) in [5.74, 6) is -0.496. The summed E-state index contributed by atoms with van der Waals surface area (Å²) >= 11 is 0. The number of hydrogen-bond donors (Lipinski definition) is 2. The number of hydrogen-bond acceptors (Lipinski definition) is 6. The SMILES string of the molecule is CCOC(=O)c1cnn(-c2ccc(C(=O)NCCCCN3CCC[C@H]3CO)cc2)c1C. The van der Waals surface area contributed by atoms with E-state index in [9.17, 15) is 14.7 Å². The van der Waals surface area contributed by atoms with Gasteiger partial charge < -0.3 is 15.2 Å². The molecular formula is C23H32N4O4. The van der Waals surface area contributed by atoms with Crippen LogP contribution in [0, 0.1) is 6.92 Å². The van der Waals surface area contributed by atoms with E-state index in [0.717, 1.165) is 44.5 Å². The second-order valence-corrected chi connectivity index (χ2v) is 7.80. The Balaban J connectivity index is 1.47. The average Bonchev–Trinajstić information content (AvgIpc) is 3.39. The molecule has 0 spiro atoms. The zero-order chi connectivity index (χ0) is 22.2. The van der Waals surface area contributed by atoms with Gasteiger partial charge in [-0.1, -0.05) is 0 Å². The van der Waals surface area contributed by atoms with Crippen LogP contribution in [-0.4, -0.2) is 70.6 Å². The van der Waals surface area contributed by atoms with Gasteiger partial charge in [0.25, 0.3) is 5.91 Å². The summed E-state index contributed by atoms with van der Waals surface area (Å²) in [6.07, 6.45) is 5.63. The fourth-order valence-electron chi connectivity index (χ4n) is 3.97. The van der Waals surface area contributed by atoms with E-state index >= 15 is 0 Å². The van der Waals surface area contributed by atoms with Crippen molar-refractivity contribution < 1.29 is 19.4 Å². The number of nitrogens with zero attached hydrogens (tertiary/aromatic N) is 3. The summed E-state index contributed by atoms with van der Waals surface area (Å²) in [5, 5.41) is 16.6. The van der Waals surface area contributed by atoms with Crippen LogP contribution in [0.4, 0.5) is 0 Å². The highest BCUT2D eigenvalue weighted by atomic mass is 16.5. The van der Waals surface area contributed by atoms with E-state index in [0.29, 0.717) is 36.0 Å². The first-order valence-corrected chi connectivity index (χ1v) is 11.0. The molecule has 0 bridgehead atoms. The summed E-state index contributed by atoms with van der Waals surface area (Å²) in [5.41, 5.74) is 2.48. The summed E-state index contributed by atoms with van der Waals surface area (Å²) in [6, 6.07) is 7.44. The largest absolute Gasteiger partial charge is 0.462 e. The van der Waals surface area contributed by atoms with Crippen molar-refractivity contribution in [3.8, 4) is 5.69 Å². The molecule has 8 heteroatoms. The molecule has 3 rings (SSSR count). The quantitative estimate of drug-likeness (QED) is 0.445. The molecule has 0 unspecified atom stereocenters. The monoisotopic (exact) mass is 428 g/mol. The topological polar surface area (TPSA) is 96.7 Å². The molecule has 168 valence electrons. The van der Waals surface area contributed by atoms with Crippen LogP contribution in [0.1, 0.15) is 59.0 Å². The molecule has 2 N–H and O–H groups in total. The molecule has 8 nitrogen and oxygen atoms in total. The van der Waals surface area contributed by atoms with E-state index in [1.54, 1.807) is 23.7 Å². The summed E-state index contributed by atoms with van der Waals surface area (Å²) in [4.78, 5) is 26.7. The predicted octanol–water partition coefficient (Wildman–Crippen LogP) is 2.32. The Hall–Kier alpha value is -2.71. The number of esters is 1. The van der Waals surface area contributed by atoms with Gasteiger partial charge in [0.05, 0.1) is 30.8 Å². The van der Waals surface area contributed by atoms with E-state index in [4.69, 9.17) is 4.74 Å².